The summed E-state index contributed by atoms with van der Waals surface area (Å²) in [6.45, 7) is 6.75. The number of aryl methyl sites for hydroxylation is 1. The smallest absolute Gasteiger partial charge is 0.243 e. The number of benzene rings is 1. The van der Waals surface area contributed by atoms with Crippen LogP contribution < -0.4 is 0 Å². The molecule has 3 rings (SSSR count). The van der Waals surface area contributed by atoms with Crippen LogP contribution in [-0.2, 0) is 14.8 Å². The SMILES string of the molecule is C=CC1CN(S(=O)(=O)c2ccc(C)cc2)[C@H]2CCCC[C@H]2CO1. The Balaban J connectivity index is 1.98. The standard InChI is InChI=1S/C18H25NO3S/c1-3-16-12-19(18-7-5-4-6-15(18)13-22-16)23(20,21)17-10-8-14(2)9-11-17/h3,8-11,15-16,18H,1,4-7,12-13H2,2H3/t15-,16?,18-/m0/s1. The molecule has 1 unspecified atom stereocenters. The molecular weight excluding hydrogens is 310 g/mol. The molecule has 0 radical (unpaired) electrons. The fourth-order valence-corrected chi connectivity index (χ4v) is 5.37. The maximum absolute atomic E-state index is 13.2. The van der Waals surface area contributed by atoms with Gasteiger partial charge >= 0.3 is 0 Å². The van der Waals surface area contributed by atoms with Crippen LogP contribution in [0.5, 0.6) is 0 Å². The lowest BCUT2D eigenvalue weighted by Gasteiger charge is -2.36. The molecule has 1 saturated heterocycles. The van der Waals surface area contributed by atoms with Gasteiger partial charge in [0, 0.05) is 12.6 Å². The first-order valence-electron chi connectivity index (χ1n) is 8.35. The Hall–Kier alpha value is -1.17. The molecule has 1 heterocycles. The monoisotopic (exact) mass is 335 g/mol. The zero-order chi connectivity index (χ0) is 16.4. The Morgan fingerprint density at radius 3 is 2.61 bits per heavy atom. The van der Waals surface area contributed by atoms with Gasteiger partial charge in [-0.3, -0.25) is 0 Å². The van der Waals surface area contributed by atoms with Crippen molar-refractivity contribution in [2.45, 2.75) is 49.6 Å². The second-order valence-electron chi connectivity index (χ2n) is 6.61. The van der Waals surface area contributed by atoms with E-state index in [0.717, 1.165) is 31.2 Å². The van der Waals surface area contributed by atoms with E-state index in [-0.39, 0.29) is 18.1 Å². The summed E-state index contributed by atoms with van der Waals surface area (Å²) in [5.74, 6) is 0.286. The highest BCUT2D eigenvalue weighted by molar-refractivity contribution is 7.89. The van der Waals surface area contributed by atoms with Crippen molar-refractivity contribution in [2.75, 3.05) is 13.2 Å². The van der Waals surface area contributed by atoms with Gasteiger partial charge in [-0.05, 0) is 37.8 Å². The Kier molecular flexibility index (Phi) is 4.90. The van der Waals surface area contributed by atoms with Crippen molar-refractivity contribution in [3.63, 3.8) is 0 Å². The van der Waals surface area contributed by atoms with Crippen molar-refractivity contribution in [3.8, 4) is 0 Å². The zero-order valence-electron chi connectivity index (χ0n) is 13.6. The van der Waals surface area contributed by atoms with Crippen LogP contribution in [-0.4, -0.2) is 38.0 Å². The summed E-state index contributed by atoms with van der Waals surface area (Å²) in [5, 5.41) is 0. The van der Waals surface area contributed by atoms with Crippen molar-refractivity contribution in [3.05, 3.63) is 42.5 Å². The fraction of sp³-hybridized carbons (Fsp3) is 0.556. The van der Waals surface area contributed by atoms with E-state index >= 15 is 0 Å². The molecular formula is C18H25NO3S. The third kappa shape index (κ3) is 3.37. The van der Waals surface area contributed by atoms with Crippen LogP contribution in [0.15, 0.2) is 41.8 Å². The van der Waals surface area contributed by atoms with Crippen LogP contribution in [0.25, 0.3) is 0 Å². The van der Waals surface area contributed by atoms with Gasteiger partial charge in [0.25, 0.3) is 0 Å². The number of nitrogens with zero attached hydrogens (tertiary/aromatic N) is 1. The summed E-state index contributed by atoms with van der Waals surface area (Å²) < 4.78 is 34.0. The molecule has 0 spiro atoms. The summed E-state index contributed by atoms with van der Waals surface area (Å²) in [6, 6.07) is 7.16. The van der Waals surface area contributed by atoms with E-state index in [1.165, 1.54) is 0 Å². The van der Waals surface area contributed by atoms with Crippen LogP contribution in [0.1, 0.15) is 31.2 Å². The molecule has 0 amide bonds. The number of fused-ring (bicyclic) bond motifs is 1. The quantitative estimate of drug-likeness (QED) is 0.797. The summed E-state index contributed by atoms with van der Waals surface area (Å²) in [6.07, 6.45) is 5.68. The summed E-state index contributed by atoms with van der Waals surface area (Å²) in [5.41, 5.74) is 1.06. The molecule has 2 fully saturated rings. The molecule has 1 aliphatic heterocycles. The van der Waals surface area contributed by atoms with Gasteiger partial charge < -0.3 is 4.74 Å². The molecule has 0 bridgehead atoms. The van der Waals surface area contributed by atoms with E-state index in [9.17, 15) is 8.42 Å². The van der Waals surface area contributed by atoms with Gasteiger partial charge in [0.2, 0.25) is 10.0 Å². The maximum Gasteiger partial charge on any atom is 0.243 e. The van der Waals surface area contributed by atoms with Gasteiger partial charge in [-0.25, -0.2) is 8.42 Å². The second kappa shape index (κ2) is 6.75. The molecule has 2 aliphatic rings. The van der Waals surface area contributed by atoms with Crippen molar-refractivity contribution in [2.24, 2.45) is 5.92 Å². The Labute approximate surface area is 139 Å². The zero-order valence-corrected chi connectivity index (χ0v) is 14.5. The average molecular weight is 335 g/mol. The lowest BCUT2D eigenvalue weighted by Crippen LogP contribution is -2.47. The predicted molar refractivity (Wildman–Crippen MR) is 90.8 cm³/mol. The highest BCUT2D eigenvalue weighted by Gasteiger charge is 2.40. The van der Waals surface area contributed by atoms with E-state index in [1.54, 1.807) is 22.5 Å². The minimum atomic E-state index is -3.51. The Morgan fingerprint density at radius 2 is 1.91 bits per heavy atom. The van der Waals surface area contributed by atoms with Crippen LogP contribution in [0, 0.1) is 12.8 Å². The van der Waals surface area contributed by atoms with E-state index in [1.807, 2.05) is 19.1 Å². The highest BCUT2D eigenvalue weighted by atomic mass is 32.2. The lowest BCUT2D eigenvalue weighted by atomic mass is 9.85. The van der Waals surface area contributed by atoms with Crippen LogP contribution in [0.4, 0.5) is 0 Å². The molecule has 3 atom stereocenters. The van der Waals surface area contributed by atoms with Gasteiger partial charge in [-0.1, -0.05) is 36.6 Å². The second-order valence-corrected chi connectivity index (χ2v) is 8.50. The number of hydrogen-bond acceptors (Lipinski definition) is 3. The fourth-order valence-electron chi connectivity index (χ4n) is 3.64. The van der Waals surface area contributed by atoms with Gasteiger partial charge in [-0.2, -0.15) is 4.31 Å². The summed E-state index contributed by atoms with van der Waals surface area (Å²) in [7, 11) is -3.51. The number of rotatable bonds is 3. The van der Waals surface area contributed by atoms with E-state index in [0.29, 0.717) is 18.0 Å². The third-order valence-electron chi connectivity index (χ3n) is 5.01. The van der Waals surface area contributed by atoms with E-state index in [4.69, 9.17) is 4.74 Å². The van der Waals surface area contributed by atoms with Gasteiger partial charge in [-0.15, -0.1) is 6.58 Å². The minimum Gasteiger partial charge on any atom is -0.372 e. The maximum atomic E-state index is 13.2. The van der Waals surface area contributed by atoms with Crippen LogP contribution >= 0.6 is 0 Å². The summed E-state index contributed by atoms with van der Waals surface area (Å²) >= 11 is 0. The summed E-state index contributed by atoms with van der Waals surface area (Å²) in [4.78, 5) is 0.372. The average Bonchev–Trinajstić information content (AvgIpc) is 2.75. The van der Waals surface area contributed by atoms with Crippen LogP contribution in [0.3, 0.4) is 0 Å². The van der Waals surface area contributed by atoms with Gasteiger partial charge in [0.1, 0.15) is 0 Å². The first-order chi connectivity index (χ1) is 11.0. The number of hydrogen-bond donors (Lipinski definition) is 0. The topological polar surface area (TPSA) is 46.6 Å². The Bertz CT molecular complexity index is 653. The molecule has 1 aliphatic carbocycles. The molecule has 5 heteroatoms. The molecule has 126 valence electrons. The van der Waals surface area contributed by atoms with Crippen LogP contribution in [0.2, 0.25) is 0 Å². The molecule has 0 aromatic heterocycles. The van der Waals surface area contributed by atoms with Gasteiger partial charge in [0.05, 0.1) is 17.6 Å². The number of sulfonamides is 1. The number of ether oxygens (including phenoxy) is 1. The molecule has 1 saturated carbocycles. The molecule has 1 aromatic carbocycles. The molecule has 1 aromatic rings. The molecule has 0 N–H and O–H groups in total. The normalized spacial score (nSPS) is 29.5. The van der Waals surface area contributed by atoms with Crippen molar-refractivity contribution in [1.82, 2.24) is 4.31 Å². The predicted octanol–water partition coefficient (Wildman–Crippen LogP) is 3.13. The molecule has 4 nitrogen and oxygen atoms in total. The van der Waals surface area contributed by atoms with E-state index < -0.39 is 10.0 Å². The molecule has 23 heavy (non-hydrogen) atoms. The highest BCUT2D eigenvalue weighted by Crippen LogP contribution is 2.35. The van der Waals surface area contributed by atoms with E-state index in [2.05, 4.69) is 6.58 Å². The van der Waals surface area contributed by atoms with Crippen molar-refractivity contribution < 1.29 is 13.2 Å². The third-order valence-corrected chi connectivity index (χ3v) is 6.92. The first-order valence-corrected chi connectivity index (χ1v) is 9.79. The Morgan fingerprint density at radius 1 is 1.22 bits per heavy atom. The first kappa shape index (κ1) is 16.7. The van der Waals surface area contributed by atoms with Gasteiger partial charge in [0.15, 0.2) is 0 Å². The minimum absolute atomic E-state index is 0.0417. The lowest BCUT2D eigenvalue weighted by molar-refractivity contribution is 0.0666. The van der Waals surface area contributed by atoms with Crippen molar-refractivity contribution in [1.29, 1.82) is 0 Å². The van der Waals surface area contributed by atoms with Crippen molar-refractivity contribution >= 4 is 10.0 Å². The largest absolute Gasteiger partial charge is 0.372 e.